The Morgan fingerprint density at radius 1 is 1.35 bits per heavy atom. The van der Waals surface area contributed by atoms with Crippen LogP contribution in [0.15, 0.2) is 36.4 Å². The van der Waals surface area contributed by atoms with Crippen molar-refractivity contribution in [3.05, 3.63) is 57.9 Å². The van der Waals surface area contributed by atoms with Crippen LogP contribution in [0.4, 0.5) is 20.2 Å². The largest absolute Gasteiger partial charge is 0.427 e. The Bertz CT molecular complexity index is 972. The van der Waals surface area contributed by atoms with E-state index in [4.69, 9.17) is 0 Å². The van der Waals surface area contributed by atoms with Crippen LogP contribution in [0.3, 0.4) is 0 Å². The molecule has 136 valence electrons. The average Bonchev–Trinajstić information content (AvgIpc) is 2.89. The van der Waals surface area contributed by atoms with Gasteiger partial charge >= 0.3 is 12.3 Å². The third-order valence-electron chi connectivity index (χ3n) is 4.01. The fraction of sp³-hybridized carbons (Fsp3) is 0.235. The molecule has 3 aromatic rings. The SMILES string of the molecule is Cc1cccc2nc(CNc3ccc([N+](=O)[O-])c(OC(F)F)c3)n(C)c12. The van der Waals surface area contributed by atoms with E-state index in [1.165, 1.54) is 12.1 Å². The average molecular weight is 362 g/mol. The summed E-state index contributed by atoms with van der Waals surface area (Å²) in [4.78, 5) is 14.7. The molecule has 0 aliphatic rings. The van der Waals surface area contributed by atoms with Gasteiger partial charge < -0.3 is 14.6 Å². The van der Waals surface area contributed by atoms with Crippen molar-refractivity contribution in [2.75, 3.05) is 5.32 Å². The van der Waals surface area contributed by atoms with E-state index in [0.717, 1.165) is 28.5 Å². The number of alkyl halides is 2. The predicted octanol–water partition coefficient (Wildman–Crippen LogP) is 4.00. The lowest BCUT2D eigenvalue weighted by Gasteiger charge is -2.10. The number of halogens is 2. The van der Waals surface area contributed by atoms with Crippen molar-refractivity contribution in [1.82, 2.24) is 9.55 Å². The Labute approximate surface area is 147 Å². The number of nitrogens with zero attached hydrogens (tertiary/aromatic N) is 3. The van der Waals surface area contributed by atoms with Crippen molar-refractivity contribution >= 4 is 22.4 Å². The summed E-state index contributed by atoms with van der Waals surface area (Å²) in [5.41, 5.74) is 2.85. The highest BCUT2D eigenvalue weighted by molar-refractivity contribution is 5.79. The summed E-state index contributed by atoms with van der Waals surface area (Å²) in [6.45, 7) is -0.839. The highest BCUT2D eigenvalue weighted by Crippen LogP contribution is 2.31. The fourth-order valence-electron chi connectivity index (χ4n) is 2.82. The van der Waals surface area contributed by atoms with Gasteiger partial charge in [0.05, 0.1) is 22.5 Å². The molecule has 0 spiro atoms. The van der Waals surface area contributed by atoms with Gasteiger partial charge in [0.15, 0.2) is 0 Å². The first-order chi connectivity index (χ1) is 12.4. The Kier molecular flexibility index (Phi) is 4.70. The van der Waals surface area contributed by atoms with Crippen LogP contribution < -0.4 is 10.1 Å². The number of para-hydroxylation sites is 1. The van der Waals surface area contributed by atoms with Gasteiger partial charge in [-0.1, -0.05) is 12.1 Å². The van der Waals surface area contributed by atoms with Crippen LogP contribution in [0.25, 0.3) is 11.0 Å². The molecule has 0 amide bonds. The van der Waals surface area contributed by atoms with Crippen molar-refractivity contribution in [3.8, 4) is 5.75 Å². The van der Waals surface area contributed by atoms with Crippen molar-refractivity contribution in [2.24, 2.45) is 7.05 Å². The molecule has 26 heavy (non-hydrogen) atoms. The zero-order valence-electron chi connectivity index (χ0n) is 14.1. The summed E-state index contributed by atoms with van der Waals surface area (Å²) in [6, 6.07) is 9.56. The van der Waals surface area contributed by atoms with E-state index in [1.807, 2.05) is 36.7 Å². The first-order valence-corrected chi connectivity index (χ1v) is 7.75. The van der Waals surface area contributed by atoms with Crippen molar-refractivity contribution in [3.63, 3.8) is 0 Å². The second-order valence-corrected chi connectivity index (χ2v) is 5.70. The van der Waals surface area contributed by atoms with Gasteiger partial charge in [-0.3, -0.25) is 10.1 Å². The van der Waals surface area contributed by atoms with E-state index in [9.17, 15) is 18.9 Å². The van der Waals surface area contributed by atoms with Gasteiger partial charge in [-0.2, -0.15) is 8.78 Å². The van der Waals surface area contributed by atoms with E-state index in [0.29, 0.717) is 12.2 Å². The molecule has 0 atom stereocenters. The number of rotatable bonds is 6. The molecule has 1 aromatic heterocycles. The number of nitro benzene ring substituents is 1. The van der Waals surface area contributed by atoms with Gasteiger partial charge in [-0.05, 0) is 24.6 Å². The standard InChI is InChI=1S/C17H16F2N4O3/c1-10-4-3-5-12-16(10)22(2)15(21-12)9-20-11-6-7-13(23(24)25)14(8-11)26-17(18)19/h3-8,17,20H,9H2,1-2H3. The lowest BCUT2D eigenvalue weighted by Crippen LogP contribution is -2.08. The van der Waals surface area contributed by atoms with E-state index >= 15 is 0 Å². The molecule has 1 heterocycles. The van der Waals surface area contributed by atoms with Crippen LogP contribution in [0.1, 0.15) is 11.4 Å². The van der Waals surface area contributed by atoms with Crippen molar-refractivity contribution in [2.45, 2.75) is 20.1 Å². The zero-order chi connectivity index (χ0) is 18.8. The number of benzene rings is 2. The van der Waals surface area contributed by atoms with E-state index in [-0.39, 0.29) is 0 Å². The number of aryl methyl sites for hydroxylation is 2. The van der Waals surface area contributed by atoms with Gasteiger partial charge in [0.25, 0.3) is 0 Å². The number of fused-ring (bicyclic) bond motifs is 1. The minimum absolute atomic E-state index is 0.316. The van der Waals surface area contributed by atoms with Crippen LogP contribution in [0.2, 0.25) is 0 Å². The molecule has 0 bridgehead atoms. The van der Waals surface area contributed by atoms with Crippen LogP contribution in [-0.2, 0) is 13.6 Å². The number of nitrogens with one attached hydrogen (secondary N) is 1. The number of ether oxygens (including phenoxy) is 1. The molecule has 0 fully saturated rings. The molecule has 1 N–H and O–H groups in total. The Morgan fingerprint density at radius 2 is 2.12 bits per heavy atom. The highest BCUT2D eigenvalue weighted by atomic mass is 19.3. The number of hydrogen-bond donors (Lipinski definition) is 1. The molecule has 0 unspecified atom stereocenters. The second kappa shape index (κ2) is 6.95. The Hall–Kier alpha value is -3.23. The quantitative estimate of drug-likeness (QED) is 0.529. The number of nitro groups is 1. The van der Waals surface area contributed by atoms with Gasteiger partial charge in [-0.25, -0.2) is 4.98 Å². The third kappa shape index (κ3) is 3.41. The number of aromatic nitrogens is 2. The summed E-state index contributed by atoms with van der Waals surface area (Å²) in [7, 11) is 1.89. The minimum Gasteiger partial charge on any atom is -0.427 e. The molecule has 0 radical (unpaired) electrons. The summed E-state index contributed by atoms with van der Waals surface area (Å²) in [5, 5.41) is 13.9. The monoisotopic (exact) mass is 362 g/mol. The summed E-state index contributed by atoms with van der Waals surface area (Å²) in [5.74, 6) is 0.250. The molecule has 9 heteroatoms. The molecule has 7 nitrogen and oxygen atoms in total. The number of imidazole rings is 1. The zero-order valence-corrected chi connectivity index (χ0v) is 14.1. The topological polar surface area (TPSA) is 82.2 Å². The Morgan fingerprint density at radius 3 is 2.77 bits per heavy atom. The van der Waals surface area contributed by atoms with Gasteiger partial charge in [0.1, 0.15) is 5.82 Å². The number of anilines is 1. The molecule has 0 aliphatic carbocycles. The van der Waals surface area contributed by atoms with Gasteiger partial charge in [0, 0.05) is 24.9 Å². The first-order valence-electron chi connectivity index (χ1n) is 7.75. The van der Waals surface area contributed by atoms with Crippen LogP contribution >= 0.6 is 0 Å². The molecule has 2 aromatic carbocycles. The van der Waals surface area contributed by atoms with Gasteiger partial charge in [-0.15, -0.1) is 0 Å². The third-order valence-corrected chi connectivity index (χ3v) is 4.01. The lowest BCUT2D eigenvalue weighted by molar-refractivity contribution is -0.386. The van der Waals surface area contributed by atoms with Crippen LogP contribution in [0, 0.1) is 17.0 Å². The second-order valence-electron chi connectivity index (χ2n) is 5.70. The molecule has 0 saturated carbocycles. The summed E-state index contributed by atoms with van der Waals surface area (Å²) < 4.78 is 31.1. The van der Waals surface area contributed by atoms with E-state index < -0.39 is 23.0 Å². The van der Waals surface area contributed by atoms with E-state index in [1.54, 1.807) is 0 Å². The highest BCUT2D eigenvalue weighted by Gasteiger charge is 2.19. The summed E-state index contributed by atoms with van der Waals surface area (Å²) >= 11 is 0. The number of hydrogen-bond acceptors (Lipinski definition) is 5. The first kappa shape index (κ1) is 17.6. The maximum Gasteiger partial charge on any atom is 0.387 e. The fourth-order valence-corrected chi connectivity index (χ4v) is 2.82. The Balaban J connectivity index is 1.85. The molecule has 3 rings (SSSR count). The summed E-state index contributed by atoms with van der Waals surface area (Å²) in [6.07, 6.45) is 0. The molecule has 0 saturated heterocycles. The van der Waals surface area contributed by atoms with Crippen LogP contribution in [-0.4, -0.2) is 21.1 Å². The smallest absolute Gasteiger partial charge is 0.387 e. The molecule has 0 aliphatic heterocycles. The maximum absolute atomic E-state index is 12.5. The molecular weight excluding hydrogens is 346 g/mol. The molecular formula is C17H16F2N4O3. The maximum atomic E-state index is 12.5. The van der Waals surface area contributed by atoms with Crippen LogP contribution in [0.5, 0.6) is 5.75 Å². The predicted molar refractivity (Wildman–Crippen MR) is 92.5 cm³/mol. The van der Waals surface area contributed by atoms with Gasteiger partial charge in [0.2, 0.25) is 5.75 Å². The minimum atomic E-state index is -3.15. The lowest BCUT2D eigenvalue weighted by atomic mass is 10.2. The normalized spacial score (nSPS) is 11.1. The van der Waals surface area contributed by atoms with Crippen molar-refractivity contribution in [1.29, 1.82) is 0 Å². The van der Waals surface area contributed by atoms with Crippen molar-refractivity contribution < 1.29 is 18.4 Å². The van der Waals surface area contributed by atoms with E-state index in [2.05, 4.69) is 15.0 Å².